The quantitative estimate of drug-likeness (QED) is 0.532. The Morgan fingerprint density at radius 1 is 1.03 bits per heavy atom. The molecule has 1 aliphatic rings. The summed E-state index contributed by atoms with van der Waals surface area (Å²) in [4.78, 5) is 27.6. The van der Waals surface area contributed by atoms with Crippen LogP contribution < -0.4 is 16.2 Å². The molecule has 0 bridgehead atoms. The van der Waals surface area contributed by atoms with E-state index in [2.05, 4.69) is 16.2 Å². The fraction of sp³-hybridized carbons (Fsp3) is 0.238. The second kappa shape index (κ2) is 8.75. The molecule has 1 aliphatic carbocycles. The standard InChI is InChI=1S/C21H20FN3O2S2/c22-15-9-7-13(8-10-15)19(17-6-3-11-28-17)23-21(27)25-24-20(26)18-12-14-4-1-2-5-16(14)29-18/h3,6-12,19H,1-2,4-5H2,(H,24,26)(H2,23,25,27)/t19-/m1/s1. The Kier molecular flexibility index (Phi) is 5.92. The molecular formula is C21H20FN3O2S2. The number of fused-ring (bicyclic) bond motifs is 1. The number of hydrazine groups is 1. The molecule has 1 atom stereocenters. The van der Waals surface area contributed by atoms with Crippen molar-refractivity contribution in [3.05, 3.63) is 79.4 Å². The van der Waals surface area contributed by atoms with E-state index in [0.29, 0.717) is 4.88 Å². The van der Waals surface area contributed by atoms with Crippen LogP contribution in [-0.4, -0.2) is 11.9 Å². The maximum Gasteiger partial charge on any atom is 0.334 e. The van der Waals surface area contributed by atoms with Crippen LogP contribution in [0.15, 0.2) is 47.8 Å². The van der Waals surface area contributed by atoms with Gasteiger partial charge >= 0.3 is 6.03 Å². The summed E-state index contributed by atoms with van der Waals surface area (Å²) in [5.74, 6) is -0.664. The first-order valence-electron chi connectivity index (χ1n) is 9.37. The summed E-state index contributed by atoms with van der Waals surface area (Å²) in [6, 6.07) is 10.7. The first kappa shape index (κ1) is 19.6. The van der Waals surface area contributed by atoms with Gasteiger partial charge in [-0.15, -0.1) is 22.7 Å². The molecule has 2 heterocycles. The fourth-order valence-electron chi connectivity index (χ4n) is 3.37. The average molecular weight is 430 g/mol. The number of benzene rings is 1. The Morgan fingerprint density at radius 2 is 1.83 bits per heavy atom. The Morgan fingerprint density at radius 3 is 2.55 bits per heavy atom. The predicted molar refractivity (Wildman–Crippen MR) is 113 cm³/mol. The number of carbonyl (C=O) groups excluding carboxylic acids is 2. The fourth-order valence-corrected chi connectivity index (χ4v) is 5.33. The van der Waals surface area contributed by atoms with Gasteiger partial charge < -0.3 is 5.32 Å². The zero-order chi connectivity index (χ0) is 20.2. The van der Waals surface area contributed by atoms with Gasteiger partial charge in [0, 0.05) is 9.75 Å². The Bertz CT molecular complexity index is 976. The van der Waals surface area contributed by atoms with Crippen LogP contribution in [0.3, 0.4) is 0 Å². The maximum absolute atomic E-state index is 13.3. The van der Waals surface area contributed by atoms with Crippen molar-refractivity contribution in [2.75, 3.05) is 0 Å². The van der Waals surface area contributed by atoms with E-state index in [1.165, 1.54) is 45.2 Å². The molecule has 0 spiro atoms. The van der Waals surface area contributed by atoms with Crippen molar-refractivity contribution in [3.63, 3.8) is 0 Å². The van der Waals surface area contributed by atoms with Crippen LogP contribution in [0.4, 0.5) is 9.18 Å². The van der Waals surface area contributed by atoms with Gasteiger partial charge in [-0.3, -0.25) is 10.2 Å². The molecule has 0 radical (unpaired) electrons. The molecule has 3 amide bonds. The number of hydrogen-bond acceptors (Lipinski definition) is 4. The lowest BCUT2D eigenvalue weighted by Crippen LogP contribution is -2.47. The molecule has 3 aromatic rings. The van der Waals surface area contributed by atoms with Crippen molar-refractivity contribution in [2.45, 2.75) is 31.7 Å². The van der Waals surface area contributed by atoms with E-state index in [0.717, 1.165) is 36.1 Å². The summed E-state index contributed by atoms with van der Waals surface area (Å²) in [5.41, 5.74) is 6.89. The Labute approximate surface area is 175 Å². The third kappa shape index (κ3) is 4.65. The lowest BCUT2D eigenvalue weighted by atomic mass is 9.99. The minimum atomic E-state index is -0.539. The van der Waals surface area contributed by atoms with Gasteiger partial charge in [0.2, 0.25) is 0 Å². The van der Waals surface area contributed by atoms with Crippen molar-refractivity contribution in [3.8, 4) is 0 Å². The van der Waals surface area contributed by atoms with Crippen LogP contribution in [0.2, 0.25) is 0 Å². The summed E-state index contributed by atoms with van der Waals surface area (Å²) in [6.07, 6.45) is 4.33. The van der Waals surface area contributed by atoms with Gasteiger partial charge in [-0.05, 0) is 66.5 Å². The highest BCUT2D eigenvalue weighted by Gasteiger charge is 2.20. The molecule has 0 aliphatic heterocycles. The van der Waals surface area contributed by atoms with Crippen molar-refractivity contribution in [1.29, 1.82) is 0 Å². The number of halogens is 1. The number of urea groups is 1. The number of amides is 3. The van der Waals surface area contributed by atoms with E-state index in [-0.39, 0.29) is 11.7 Å². The molecule has 0 unspecified atom stereocenters. The first-order chi connectivity index (χ1) is 14.1. The van der Waals surface area contributed by atoms with Crippen molar-refractivity contribution >= 4 is 34.6 Å². The van der Waals surface area contributed by atoms with E-state index in [1.807, 2.05) is 23.6 Å². The van der Waals surface area contributed by atoms with Crippen LogP contribution >= 0.6 is 22.7 Å². The Balaban J connectivity index is 1.40. The van der Waals surface area contributed by atoms with Crippen molar-refractivity contribution < 1.29 is 14.0 Å². The highest BCUT2D eigenvalue weighted by atomic mass is 32.1. The second-order valence-electron chi connectivity index (χ2n) is 6.82. The smallest absolute Gasteiger partial charge is 0.325 e. The number of hydrogen-bond donors (Lipinski definition) is 3. The number of nitrogens with one attached hydrogen (secondary N) is 3. The molecule has 150 valence electrons. The molecule has 4 rings (SSSR count). The molecule has 0 saturated heterocycles. The largest absolute Gasteiger partial charge is 0.334 e. The number of carbonyl (C=O) groups is 2. The third-order valence-corrected chi connectivity index (χ3v) is 6.99. The highest BCUT2D eigenvalue weighted by molar-refractivity contribution is 7.14. The molecule has 0 fully saturated rings. The predicted octanol–water partition coefficient (Wildman–Crippen LogP) is 4.56. The normalized spacial score (nSPS) is 14.0. The SMILES string of the molecule is O=C(NNC(=O)c1cc2c(s1)CCCC2)N[C@H](c1ccc(F)cc1)c1cccs1. The van der Waals surface area contributed by atoms with Crippen LogP contribution in [0.1, 0.15) is 49.4 Å². The summed E-state index contributed by atoms with van der Waals surface area (Å²) in [7, 11) is 0. The van der Waals surface area contributed by atoms with Gasteiger partial charge in [-0.25, -0.2) is 14.6 Å². The third-order valence-electron chi connectivity index (χ3n) is 4.82. The highest BCUT2D eigenvalue weighted by Crippen LogP contribution is 2.29. The van der Waals surface area contributed by atoms with Gasteiger partial charge in [-0.2, -0.15) is 0 Å². The van der Waals surface area contributed by atoms with Crippen LogP contribution in [-0.2, 0) is 12.8 Å². The van der Waals surface area contributed by atoms with Crippen molar-refractivity contribution in [1.82, 2.24) is 16.2 Å². The van der Waals surface area contributed by atoms with E-state index in [9.17, 15) is 14.0 Å². The molecule has 1 aromatic carbocycles. The van der Waals surface area contributed by atoms with E-state index in [4.69, 9.17) is 0 Å². The second-order valence-corrected chi connectivity index (χ2v) is 8.93. The van der Waals surface area contributed by atoms with Crippen molar-refractivity contribution in [2.24, 2.45) is 0 Å². The van der Waals surface area contributed by atoms with Gasteiger partial charge in [0.15, 0.2) is 0 Å². The molecule has 29 heavy (non-hydrogen) atoms. The van der Waals surface area contributed by atoms with Gasteiger partial charge in [0.25, 0.3) is 5.91 Å². The minimum Gasteiger partial charge on any atom is -0.325 e. The van der Waals surface area contributed by atoms with E-state index >= 15 is 0 Å². The average Bonchev–Trinajstić information content (AvgIpc) is 3.40. The summed E-state index contributed by atoms with van der Waals surface area (Å²) in [6.45, 7) is 0. The number of thiophene rings is 2. The molecule has 2 aromatic heterocycles. The lowest BCUT2D eigenvalue weighted by molar-refractivity contribution is 0.0940. The topological polar surface area (TPSA) is 70.2 Å². The maximum atomic E-state index is 13.3. The lowest BCUT2D eigenvalue weighted by Gasteiger charge is -2.18. The molecule has 5 nitrogen and oxygen atoms in total. The molecule has 8 heteroatoms. The summed E-state index contributed by atoms with van der Waals surface area (Å²) >= 11 is 2.97. The number of aryl methyl sites for hydroxylation is 2. The summed E-state index contributed by atoms with van der Waals surface area (Å²) < 4.78 is 13.3. The monoisotopic (exact) mass is 429 g/mol. The first-order valence-corrected chi connectivity index (χ1v) is 11.1. The van der Waals surface area contributed by atoms with Crippen LogP contribution in [0.25, 0.3) is 0 Å². The van der Waals surface area contributed by atoms with Gasteiger partial charge in [-0.1, -0.05) is 18.2 Å². The van der Waals surface area contributed by atoms with E-state index < -0.39 is 12.1 Å². The molecule has 0 saturated carbocycles. The molecular weight excluding hydrogens is 409 g/mol. The zero-order valence-electron chi connectivity index (χ0n) is 15.5. The number of rotatable bonds is 4. The molecule has 3 N–H and O–H groups in total. The van der Waals surface area contributed by atoms with E-state index in [1.54, 1.807) is 12.1 Å². The van der Waals surface area contributed by atoms with Crippen LogP contribution in [0.5, 0.6) is 0 Å². The van der Waals surface area contributed by atoms with Crippen LogP contribution in [0, 0.1) is 5.82 Å². The van der Waals surface area contributed by atoms with Gasteiger partial charge in [0.05, 0.1) is 10.9 Å². The zero-order valence-corrected chi connectivity index (χ0v) is 17.2. The minimum absolute atomic E-state index is 0.325. The summed E-state index contributed by atoms with van der Waals surface area (Å²) in [5, 5.41) is 4.75. The van der Waals surface area contributed by atoms with Gasteiger partial charge in [0.1, 0.15) is 5.82 Å². The Hall–Kier alpha value is -2.71.